The molecule has 23 heavy (non-hydrogen) atoms. The van der Waals surface area contributed by atoms with Crippen LogP contribution in [-0.4, -0.2) is 49.0 Å². The normalized spacial score (nSPS) is 17.8. The molecule has 1 saturated heterocycles. The zero-order valence-corrected chi connectivity index (χ0v) is 13.3. The summed E-state index contributed by atoms with van der Waals surface area (Å²) in [4.78, 5) is 11.5. The van der Waals surface area contributed by atoms with E-state index in [4.69, 9.17) is 5.73 Å². The van der Waals surface area contributed by atoms with Crippen molar-refractivity contribution in [2.75, 3.05) is 18.0 Å². The molecule has 3 aromatic heterocycles. The molecule has 4 heterocycles. The topological polar surface area (TPSA) is 112 Å². The number of anilines is 1. The Morgan fingerprint density at radius 1 is 1.22 bits per heavy atom. The molecule has 0 amide bonds. The van der Waals surface area contributed by atoms with Crippen molar-refractivity contribution in [2.24, 2.45) is 5.73 Å². The fourth-order valence-electron chi connectivity index (χ4n) is 2.98. The fourth-order valence-corrected chi connectivity index (χ4v) is 2.98. The molecule has 3 aromatic rings. The summed E-state index contributed by atoms with van der Waals surface area (Å²) in [6.07, 6.45) is 5.49. The first-order valence-electron chi connectivity index (χ1n) is 7.79. The van der Waals surface area contributed by atoms with Crippen LogP contribution in [0.3, 0.4) is 0 Å². The van der Waals surface area contributed by atoms with Gasteiger partial charge in [-0.3, -0.25) is 10.2 Å². The molecule has 0 radical (unpaired) electrons. The fraction of sp³-hybridized carbons (Fsp3) is 0.467. The Labute approximate surface area is 133 Å². The van der Waals surface area contributed by atoms with Crippen LogP contribution in [0.1, 0.15) is 25.5 Å². The molecule has 0 atom stereocenters. The van der Waals surface area contributed by atoms with Gasteiger partial charge in [-0.25, -0.2) is 9.97 Å². The number of rotatable bonds is 2. The standard InChI is InChI=1S/C15H20N8/c1-9-10(7-18-20-9)12-13-14(22-21-12)19-11(8-17-13)23-5-3-15(2,16)4-6-23/h7-8H,3-6,16H2,1-2H3,(H,18,20)(H,19,21,22). The second kappa shape index (κ2) is 5.02. The molecule has 8 nitrogen and oxygen atoms in total. The lowest BCUT2D eigenvalue weighted by atomic mass is 9.91. The predicted molar refractivity (Wildman–Crippen MR) is 88.0 cm³/mol. The molecule has 0 aromatic carbocycles. The largest absolute Gasteiger partial charge is 0.355 e. The maximum Gasteiger partial charge on any atom is 0.202 e. The third-order valence-corrected chi connectivity index (χ3v) is 4.58. The molecule has 8 heteroatoms. The number of nitrogens with zero attached hydrogens (tertiary/aromatic N) is 5. The molecular formula is C15H20N8. The Balaban J connectivity index is 1.67. The highest BCUT2D eigenvalue weighted by molar-refractivity contribution is 5.88. The van der Waals surface area contributed by atoms with Crippen molar-refractivity contribution in [1.82, 2.24) is 30.4 Å². The van der Waals surface area contributed by atoms with Gasteiger partial charge in [0.2, 0.25) is 5.65 Å². The average Bonchev–Trinajstić information content (AvgIpc) is 3.12. The number of fused-ring (bicyclic) bond motifs is 1. The maximum absolute atomic E-state index is 6.19. The van der Waals surface area contributed by atoms with Crippen LogP contribution >= 0.6 is 0 Å². The van der Waals surface area contributed by atoms with Gasteiger partial charge in [0.25, 0.3) is 0 Å². The maximum atomic E-state index is 6.19. The van der Waals surface area contributed by atoms with Crippen molar-refractivity contribution in [1.29, 1.82) is 0 Å². The van der Waals surface area contributed by atoms with Crippen LogP contribution in [0.4, 0.5) is 5.82 Å². The van der Waals surface area contributed by atoms with Crippen molar-refractivity contribution < 1.29 is 0 Å². The summed E-state index contributed by atoms with van der Waals surface area (Å²) < 4.78 is 0. The zero-order valence-electron chi connectivity index (χ0n) is 13.3. The van der Waals surface area contributed by atoms with Crippen LogP contribution < -0.4 is 10.6 Å². The summed E-state index contributed by atoms with van der Waals surface area (Å²) in [6.45, 7) is 5.86. The van der Waals surface area contributed by atoms with Gasteiger partial charge in [-0.2, -0.15) is 10.2 Å². The van der Waals surface area contributed by atoms with Crippen molar-refractivity contribution in [3.05, 3.63) is 18.1 Å². The van der Waals surface area contributed by atoms with Gasteiger partial charge in [-0.05, 0) is 26.7 Å². The SMILES string of the molecule is Cc1[nH]ncc1-c1[nH]nc2nc(N3CCC(C)(N)CC3)cnc12. The summed E-state index contributed by atoms with van der Waals surface area (Å²) in [7, 11) is 0. The molecule has 4 N–H and O–H groups in total. The van der Waals surface area contributed by atoms with Gasteiger partial charge in [-0.15, -0.1) is 0 Å². The summed E-state index contributed by atoms with van der Waals surface area (Å²) in [5.74, 6) is 0.856. The number of nitrogens with two attached hydrogens (primary N) is 1. The minimum absolute atomic E-state index is 0.0770. The van der Waals surface area contributed by atoms with Gasteiger partial charge >= 0.3 is 0 Å². The van der Waals surface area contributed by atoms with E-state index in [9.17, 15) is 0 Å². The molecule has 0 aliphatic carbocycles. The van der Waals surface area contributed by atoms with Gasteiger partial charge in [0.1, 0.15) is 11.3 Å². The molecular weight excluding hydrogens is 292 g/mol. The Kier molecular flexibility index (Phi) is 3.08. The minimum Gasteiger partial charge on any atom is -0.355 e. The van der Waals surface area contributed by atoms with Crippen molar-refractivity contribution in [3.63, 3.8) is 0 Å². The lowest BCUT2D eigenvalue weighted by Crippen LogP contribution is -2.48. The smallest absolute Gasteiger partial charge is 0.202 e. The number of hydrogen-bond donors (Lipinski definition) is 3. The molecule has 120 valence electrons. The van der Waals surface area contributed by atoms with Gasteiger partial charge in [-0.1, -0.05) is 0 Å². The number of hydrogen-bond acceptors (Lipinski definition) is 6. The lowest BCUT2D eigenvalue weighted by Gasteiger charge is -2.37. The van der Waals surface area contributed by atoms with E-state index >= 15 is 0 Å². The Morgan fingerprint density at radius 2 is 2.00 bits per heavy atom. The highest BCUT2D eigenvalue weighted by Gasteiger charge is 2.27. The Morgan fingerprint density at radius 3 is 2.70 bits per heavy atom. The van der Waals surface area contributed by atoms with Crippen LogP contribution in [-0.2, 0) is 0 Å². The highest BCUT2D eigenvalue weighted by atomic mass is 15.2. The van der Waals surface area contributed by atoms with E-state index in [0.717, 1.165) is 54.2 Å². The van der Waals surface area contributed by atoms with E-state index in [0.29, 0.717) is 5.65 Å². The summed E-state index contributed by atoms with van der Waals surface area (Å²) in [6, 6.07) is 0. The van der Waals surface area contributed by atoms with Gasteiger partial charge < -0.3 is 10.6 Å². The summed E-state index contributed by atoms with van der Waals surface area (Å²) in [5, 5.41) is 14.3. The molecule has 1 aliphatic heterocycles. The van der Waals surface area contributed by atoms with Crippen molar-refractivity contribution >= 4 is 17.0 Å². The van der Waals surface area contributed by atoms with Gasteiger partial charge in [0, 0.05) is 29.9 Å². The molecule has 0 spiro atoms. The van der Waals surface area contributed by atoms with Crippen molar-refractivity contribution in [2.45, 2.75) is 32.2 Å². The van der Waals surface area contributed by atoms with E-state index in [1.54, 1.807) is 6.20 Å². The molecule has 4 rings (SSSR count). The molecule has 1 fully saturated rings. The second-order valence-electron chi connectivity index (χ2n) is 6.55. The Hall–Kier alpha value is -2.48. The quantitative estimate of drug-likeness (QED) is 0.659. The lowest BCUT2D eigenvalue weighted by molar-refractivity contribution is 0.363. The zero-order chi connectivity index (χ0) is 16.0. The van der Waals surface area contributed by atoms with E-state index in [2.05, 4.69) is 42.2 Å². The molecule has 0 bridgehead atoms. The number of aryl methyl sites for hydroxylation is 1. The van der Waals surface area contributed by atoms with Crippen LogP contribution in [0.25, 0.3) is 22.4 Å². The first kappa shape index (κ1) is 14.1. The highest BCUT2D eigenvalue weighted by Crippen LogP contribution is 2.28. The Bertz CT molecular complexity index is 836. The van der Waals surface area contributed by atoms with Crippen LogP contribution in [0.2, 0.25) is 0 Å². The number of piperidine rings is 1. The van der Waals surface area contributed by atoms with E-state index in [1.165, 1.54) is 0 Å². The second-order valence-corrected chi connectivity index (χ2v) is 6.55. The van der Waals surface area contributed by atoms with Gasteiger partial charge in [0.15, 0.2) is 0 Å². The van der Waals surface area contributed by atoms with Crippen LogP contribution in [0.15, 0.2) is 12.4 Å². The first-order valence-corrected chi connectivity index (χ1v) is 7.79. The van der Waals surface area contributed by atoms with Crippen molar-refractivity contribution in [3.8, 4) is 11.3 Å². The molecule has 1 aliphatic rings. The minimum atomic E-state index is -0.0770. The third kappa shape index (κ3) is 2.44. The predicted octanol–water partition coefficient (Wildman–Crippen LogP) is 1.37. The number of nitrogens with one attached hydrogen (secondary N) is 2. The molecule has 0 saturated carbocycles. The van der Waals surface area contributed by atoms with Crippen LogP contribution in [0.5, 0.6) is 0 Å². The van der Waals surface area contributed by atoms with E-state index in [-0.39, 0.29) is 5.54 Å². The summed E-state index contributed by atoms with van der Waals surface area (Å²) in [5.41, 5.74) is 10.3. The summed E-state index contributed by atoms with van der Waals surface area (Å²) >= 11 is 0. The third-order valence-electron chi connectivity index (χ3n) is 4.58. The number of H-pyrrole nitrogens is 2. The van der Waals surface area contributed by atoms with Crippen LogP contribution in [0, 0.1) is 6.92 Å². The molecule has 0 unspecified atom stereocenters. The van der Waals surface area contributed by atoms with Gasteiger partial charge in [0.05, 0.1) is 18.1 Å². The number of aromatic amines is 2. The van der Waals surface area contributed by atoms with E-state index in [1.807, 2.05) is 13.1 Å². The number of aromatic nitrogens is 6. The average molecular weight is 312 g/mol. The monoisotopic (exact) mass is 312 g/mol. The first-order chi connectivity index (χ1) is 11.0. The van der Waals surface area contributed by atoms with E-state index < -0.39 is 0 Å².